The van der Waals surface area contributed by atoms with Crippen LogP contribution in [0.4, 0.5) is 9.18 Å². The number of nitrogens with one attached hydrogen (secondary N) is 1. The van der Waals surface area contributed by atoms with Gasteiger partial charge in [0.1, 0.15) is 11.5 Å². The molecule has 0 radical (unpaired) electrons. The SMILES string of the molecule is CCc1ccc(C=C2NC(=O)N(Cc3ccccc3F)C2=O)cc1. The molecule has 5 heteroatoms. The summed E-state index contributed by atoms with van der Waals surface area (Å²) in [5, 5.41) is 2.55. The number of carbonyl (C=O) groups excluding carboxylic acids is 2. The van der Waals surface area contributed by atoms with Gasteiger partial charge in [0.25, 0.3) is 5.91 Å². The van der Waals surface area contributed by atoms with Crippen molar-refractivity contribution >= 4 is 18.0 Å². The molecule has 0 atom stereocenters. The molecule has 0 aromatic heterocycles. The van der Waals surface area contributed by atoms with Crippen LogP contribution in [0.5, 0.6) is 0 Å². The molecule has 0 spiro atoms. The number of hydrogen-bond acceptors (Lipinski definition) is 2. The molecule has 3 rings (SSSR count). The van der Waals surface area contributed by atoms with Crippen LogP contribution in [0.2, 0.25) is 0 Å². The summed E-state index contributed by atoms with van der Waals surface area (Å²) in [4.78, 5) is 25.4. The maximum absolute atomic E-state index is 13.7. The summed E-state index contributed by atoms with van der Waals surface area (Å²) >= 11 is 0. The highest BCUT2D eigenvalue weighted by Crippen LogP contribution is 2.18. The van der Waals surface area contributed by atoms with Crippen LogP contribution < -0.4 is 5.32 Å². The van der Waals surface area contributed by atoms with Gasteiger partial charge in [-0.3, -0.25) is 9.69 Å². The number of halogens is 1. The molecule has 0 saturated carbocycles. The molecule has 4 nitrogen and oxygen atoms in total. The van der Waals surface area contributed by atoms with E-state index in [1.165, 1.54) is 11.6 Å². The van der Waals surface area contributed by atoms with E-state index in [0.717, 1.165) is 16.9 Å². The molecule has 0 bridgehead atoms. The number of imide groups is 1. The van der Waals surface area contributed by atoms with Gasteiger partial charge < -0.3 is 5.32 Å². The summed E-state index contributed by atoms with van der Waals surface area (Å²) in [5.74, 6) is -0.895. The van der Waals surface area contributed by atoms with Crippen molar-refractivity contribution in [3.63, 3.8) is 0 Å². The fraction of sp³-hybridized carbons (Fsp3) is 0.158. The number of benzene rings is 2. The molecule has 1 saturated heterocycles. The number of rotatable bonds is 4. The van der Waals surface area contributed by atoms with Crippen molar-refractivity contribution in [1.29, 1.82) is 0 Å². The van der Waals surface area contributed by atoms with E-state index in [1.54, 1.807) is 24.3 Å². The minimum Gasteiger partial charge on any atom is -0.303 e. The second-order valence-corrected chi connectivity index (χ2v) is 5.57. The van der Waals surface area contributed by atoms with Crippen molar-refractivity contribution in [2.24, 2.45) is 0 Å². The first-order valence-corrected chi connectivity index (χ1v) is 7.75. The molecular weight excluding hydrogens is 307 g/mol. The number of aryl methyl sites for hydroxylation is 1. The van der Waals surface area contributed by atoms with Crippen LogP contribution >= 0.6 is 0 Å². The molecule has 24 heavy (non-hydrogen) atoms. The number of nitrogens with zero attached hydrogens (tertiary/aromatic N) is 1. The van der Waals surface area contributed by atoms with Crippen molar-refractivity contribution in [2.45, 2.75) is 19.9 Å². The lowest BCUT2D eigenvalue weighted by atomic mass is 10.1. The Kier molecular flexibility index (Phi) is 4.42. The molecule has 0 aliphatic carbocycles. The highest BCUT2D eigenvalue weighted by Gasteiger charge is 2.33. The topological polar surface area (TPSA) is 49.4 Å². The summed E-state index contributed by atoms with van der Waals surface area (Å²) in [5.41, 5.74) is 2.51. The van der Waals surface area contributed by atoms with E-state index in [-0.39, 0.29) is 12.2 Å². The Morgan fingerprint density at radius 1 is 1.08 bits per heavy atom. The molecular formula is C19H17FN2O2. The summed E-state index contributed by atoms with van der Waals surface area (Å²) in [6.45, 7) is 1.97. The molecule has 1 heterocycles. The summed E-state index contributed by atoms with van der Waals surface area (Å²) in [6, 6.07) is 13.3. The van der Waals surface area contributed by atoms with Gasteiger partial charge in [-0.25, -0.2) is 9.18 Å². The van der Waals surface area contributed by atoms with Gasteiger partial charge in [-0.2, -0.15) is 0 Å². The van der Waals surface area contributed by atoms with Gasteiger partial charge in [0.2, 0.25) is 0 Å². The van der Waals surface area contributed by atoms with E-state index in [4.69, 9.17) is 0 Å². The molecule has 3 amide bonds. The molecule has 0 unspecified atom stereocenters. The highest BCUT2D eigenvalue weighted by molar-refractivity contribution is 6.13. The van der Waals surface area contributed by atoms with Crippen LogP contribution in [0.3, 0.4) is 0 Å². The molecule has 2 aromatic carbocycles. The van der Waals surface area contributed by atoms with Gasteiger partial charge in [0, 0.05) is 5.56 Å². The van der Waals surface area contributed by atoms with Gasteiger partial charge in [-0.1, -0.05) is 49.4 Å². The highest BCUT2D eigenvalue weighted by atomic mass is 19.1. The van der Waals surface area contributed by atoms with E-state index in [9.17, 15) is 14.0 Å². The van der Waals surface area contributed by atoms with Gasteiger partial charge in [-0.15, -0.1) is 0 Å². The van der Waals surface area contributed by atoms with E-state index in [1.807, 2.05) is 24.3 Å². The van der Waals surface area contributed by atoms with E-state index in [2.05, 4.69) is 12.2 Å². The Morgan fingerprint density at radius 3 is 2.46 bits per heavy atom. The van der Waals surface area contributed by atoms with Crippen molar-refractivity contribution in [3.05, 3.63) is 76.7 Å². The number of urea groups is 1. The lowest BCUT2D eigenvalue weighted by Crippen LogP contribution is -2.30. The minimum atomic E-state index is -0.542. The van der Waals surface area contributed by atoms with E-state index in [0.29, 0.717) is 5.56 Å². The average Bonchev–Trinajstić information content (AvgIpc) is 2.85. The summed E-state index contributed by atoms with van der Waals surface area (Å²) in [7, 11) is 0. The standard InChI is InChI=1S/C19H17FN2O2/c1-2-13-7-9-14(10-8-13)11-17-18(23)22(19(24)21-17)12-15-5-3-4-6-16(15)20/h3-11H,2,12H2,1H3,(H,21,24). The van der Waals surface area contributed by atoms with Crippen LogP contribution in [-0.2, 0) is 17.8 Å². The third-order valence-corrected chi connectivity index (χ3v) is 3.95. The second kappa shape index (κ2) is 6.66. The normalized spacial score (nSPS) is 15.9. The number of hydrogen-bond donors (Lipinski definition) is 1. The zero-order chi connectivity index (χ0) is 17.1. The average molecular weight is 324 g/mol. The number of amides is 3. The monoisotopic (exact) mass is 324 g/mol. The molecule has 1 N–H and O–H groups in total. The van der Waals surface area contributed by atoms with Crippen molar-refractivity contribution < 1.29 is 14.0 Å². The molecule has 1 aliphatic rings. The maximum atomic E-state index is 13.7. The Morgan fingerprint density at radius 2 is 1.79 bits per heavy atom. The quantitative estimate of drug-likeness (QED) is 0.691. The Labute approximate surface area is 139 Å². The first-order chi connectivity index (χ1) is 11.6. The molecule has 1 fully saturated rings. The van der Waals surface area contributed by atoms with Crippen molar-refractivity contribution in [1.82, 2.24) is 10.2 Å². The molecule has 1 aliphatic heterocycles. The van der Waals surface area contributed by atoms with Crippen molar-refractivity contribution in [3.8, 4) is 0 Å². The third-order valence-electron chi connectivity index (χ3n) is 3.95. The fourth-order valence-electron chi connectivity index (χ4n) is 2.53. The van der Waals surface area contributed by atoms with E-state index < -0.39 is 17.8 Å². The van der Waals surface area contributed by atoms with Gasteiger partial charge in [0.15, 0.2) is 0 Å². The lowest BCUT2D eigenvalue weighted by molar-refractivity contribution is -0.123. The lowest BCUT2D eigenvalue weighted by Gasteiger charge is -2.12. The first-order valence-electron chi connectivity index (χ1n) is 7.75. The van der Waals surface area contributed by atoms with Crippen LogP contribution in [0.15, 0.2) is 54.2 Å². The van der Waals surface area contributed by atoms with E-state index >= 15 is 0 Å². The predicted octanol–water partition coefficient (Wildman–Crippen LogP) is 3.48. The van der Waals surface area contributed by atoms with Crippen LogP contribution in [0.25, 0.3) is 6.08 Å². The third kappa shape index (κ3) is 3.20. The Balaban J connectivity index is 1.80. The molecule has 2 aromatic rings. The van der Waals surface area contributed by atoms with Gasteiger partial charge in [0.05, 0.1) is 6.54 Å². The van der Waals surface area contributed by atoms with Gasteiger partial charge >= 0.3 is 6.03 Å². The summed E-state index contributed by atoms with van der Waals surface area (Å²) in [6.07, 6.45) is 2.56. The smallest absolute Gasteiger partial charge is 0.303 e. The maximum Gasteiger partial charge on any atom is 0.329 e. The zero-order valence-electron chi connectivity index (χ0n) is 13.3. The summed E-state index contributed by atoms with van der Waals surface area (Å²) < 4.78 is 13.7. The predicted molar refractivity (Wildman–Crippen MR) is 89.3 cm³/mol. The zero-order valence-corrected chi connectivity index (χ0v) is 13.3. The fourth-order valence-corrected chi connectivity index (χ4v) is 2.53. The van der Waals surface area contributed by atoms with Crippen LogP contribution in [0, 0.1) is 5.82 Å². The second-order valence-electron chi connectivity index (χ2n) is 5.57. The molecule has 122 valence electrons. The van der Waals surface area contributed by atoms with Crippen LogP contribution in [0.1, 0.15) is 23.6 Å². The Bertz CT molecular complexity index is 812. The largest absolute Gasteiger partial charge is 0.329 e. The van der Waals surface area contributed by atoms with Crippen LogP contribution in [-0.4, -0.2) is 16.8 Å². The minimum absolute atomic E-state index is 0.0938. The Hall–Kier alpha value is -2.95. The first kappa shape index (κ1) is 15.9. The van der Waals surface area contributed by atoms with Gasteiger partial charge in [-0.05, 0) is 29.7 Å². The van der Waals surface area contributed by atoms with Crippen molar-refractivity contribution in [2.75, 3.05) is 0 Å². The number of carbonyl (C=O) groups is 2.